The number of aliphatic hydroxyl groups is 2. The van der Waals surface area contributed by atoms with Gasteiger partial charge in [0.15, 0.2) is 0 Å². The van der Waals surface area contributed by atoms with Gasteiger partial charge < -0.3 is 15.5 Å². The molecule has 1 amide bonds. The van der Waals surface area contributed by atoms with Gasteiger partial charge in [-0.2, -0.15) is 0 Å². The van der Waals surface area contributed by atoms with Crippen LogP contribution in [0.2, 0.25) is 0 Å². The van der Waals surface area contributed by atoms with Crippen LogP contribution in [0.25, 0.3) is 0 Å². The van der Waals surface area contributed by atoms with E-state index in [9.17, 15) is 15.0 Å². The molecular formula is C45H85NO3. The zero-order valence-corrected chi connectivity index (χ0v) is 33.0. The minimum Gasteiger partial charge on any atom is -0.394 e. The summed E-state index contributed by atoms with van der Waals surface area (Å²) >= 11 is 0. The summed E-state index contributed by atoms with van der Waals surface area (Å²) in [5, 5.41) is 22.6. The Labute approximate surface area is 306 Å². The molecule has 0 aromatic carbocycles. The van der Waals surface area contributed by atoms with Crippen molar-refractivity contribution in [2.75, 3.05) is 6.61 Å². The Morgan fingerprint density at radius 2 is 0.796 bits per heavy atom. The van der Waals surface area contributed by atoms with Crippen LogP contribution in [-0.2, 0) is 4.79 Å². The van der Waals surface area contributed by atoms with Gasteiger partial charge in [-0.05, 0) is 44.9 Å². The summed E-state index contributed by atoms with van der Waals surface area (Å²) in [5.41, 5.74) is 0. The Hall–Kier alpha value is -1.39. The van der Waals surface area contributed by atoms with E-state index in [2.05, 4.69) is 43.5 Å². The lowest BCUT2D eigenvalue weighted by molar-refractivity contribution is -0.123. The number of unbranched alkanes of at least 4 members (excludes halogenated alkanes) is 28. The molecule has 0 aromatic rings. The monoisotopic (exact) mass is 688 g/mol. The number of rotatable bonds is 39. The standard InChI is InChI=1S/C45H85NO3/c1-3-5-7-9-10-11-12-13-14-15-16-17-18-19-20-21-22-23-24-25-26-27-28-29-30-31-32-33-34-35-36-37-38-40-44(48)43(42-47)46-45(49)41-39-8-6-4-2/h30-31,34-35,38,40,43-44,47-48H,3-29,32-33,36-37,39,41-42H2,1-2H3,(H,46,49)/b31-30+,35-34+,40-38+. The number of aliphatic hydroxyl groups excluding tert-OH is 2. The highest BCUT2D eigenvalue weighted by Gasteiger charge is 2.17. The van der Waals surface area contributed by atoms with Gasteiger partial charge in [0.25, 0.3) is 0 Å². The van der Waals surface area contributed by atoms with Crippen LogP contribution in [0.1, 0.15) is 226 Å². The first-order chi connectivity index (χ1) is 24.2. The van der Waals surface area contributed by atoms with Gasteiger partial charge in [-0.25, -0.2) is 0 Å². The highest BCUT2D eigenvalue weighted by atomic mass is 16.3. The van der Waals surface area contributed by atoms with Crippen LogP contribution in [0.4, 0.5) is 0 Å². The minimum absolute atomic E-state index is 0.0965. The second-order valence-electron chi connectivity index (χ2n) is 14.8. The summed E-state index contributed by atoms with van der Waals surface area (Å²) in [6.07, 6.45) is 54.8. The predicted octanol–water partition coefficient (Wildman–Crippen LogP) is 13.4. The quantitative estimate of drug-likeness (QED) is 0.0445. The van der Waals surface area contributed by atoms with Crippen molar-refractivity contribution in [1.29, 1.82) is 0 Å². The zero-order valence-electron chi connectivity index (χ0n) is 33.0. The van der Waals surface area contributed by atoms with Crippen LogP contribution in [-0.4, -0.2) is 34.9 Å². The number of hydrogen-bond donors (Lipinski definition) is 3. The average molecular weight is 688 g/mol. The largest absolute Gasteiger partial charge is 0.394 e. The Morgan fingerprint density at radius 1 is 0.469 bits per heavy atom. The normalized spacial score (nSPS) is 13.3. The van der Waals surface area contributed by atoms with E-state index in [1.54, 1.807) is 6.08 Å². The average Bonchev–Trinajstić information content (AvgIpc) is 3.11. The van der Waals surface area contributed by atoms with E-state index < -0.39 is 12.1 Å². The Morgan fingerprint density at radius 3 is 1.18 bits per heavy atom. The maximum Gasteiger partial charge on any atom is 0.220 e. The van der Waals surface area contributed by atoms with Gasteiger partial charge in [-0.1, -0.05) is 211 Å². The first-order valence-electron chi connectivity index (χ1n) is 21.7. The Balaban J connectivity index is 3.42. The number of hydrogen-bond acceptors (Lipinski definition) is 3. The lowest BCUT2D eigenvalue weighted by Gasteiger charge is -2.19. The molecule has 4 nitrogen and oxygen atoms in total. The maximum absolute atomic E-state index is 12.0. The van der Waals surface area contributed by atoms with E-state index in [1.165, 1.54) is 154 Å². The van der Waals surface area contributed by atoms with E-state index in [4.69, 9.17) is 0 Å². The van der Waals surface area contributed by atoms with Crippen molar-refractivity contribution < 1.29 is 15.0 Å². The molecule has 0 spiro atoms. The molecule has 0 aliphatic heterocycles. The fourth-order valence-electron chi connectivity index (χ4n) is 6.50. The molecule has 0 bridgehead atoms. The van der Waals surface area contributed by atoms with Gasteiger partial charge in [0.05, 0.1) is 18.8 Å². The zero-order chi connectivity index (χ0) is 35.7. The molecule has 0 rings (SSSR count). The highest BCUT2D eigenvalue weighted by molar-refractivity contribution is 5.76. The summed E-state index contributed by atoms with van der Waals surface area (Å²) in [6, 6.07) is -0.638. The van der Waals surface area contributed by atoms with Gasteiger partial charge in [0.2, 0.25) is 5.91 Å². The Kier molecular flexibility index (Phi) is 39.9. The van der Waals surface area contributed by atoms with Gasteiger partial charge in [-0.3, -0.25) is 4.79 Å². The summed E-state index contributed by atoms with van der Waals surface area (Å²) in [7, 11) is 0. The molecule has 0 radical (unpaired) electrons. The molecule has 0 aliphatic rings. The van der Waals surface area contributed by atoms with E-state index in [0.29, 0.717) is 6.42 Å². The van der Waals surface area contributed by atoms with Crippen molar-refractivity contribution in [2.45, 2.75) is 238 Å². The molecule has 4 heteroatoms. The minimum atomic E-state index is -0.864. The van der Waals surface area contributed by atoms with Crippen molar-refractivity contribution in [2.24, 2.45) is 0 Å². The highest BCUT2D eigenvalue weighted by Crippen LogP contribution is 2.16. The fourth-order valence-corrected chi connectivity index (χ4v) is 6.50. The van der Waals surface area contributed by atoms with Gasteiger partial charge >= 0.3 is 0 Å². The van der Waals surface area contributed by atoms with Crippen LogP contribution >= 0.6 is 0 Å². The van der Waals surface area contributed by atoms with E-state index in [0.717, 1.165) is 51.4 Å². The third kappa shape index (κ3) is 37.7. The van der Waals surface area contributed by atoms with Crippen molar-refractivity contribution in [1.82, 2.24) is 5.32 Å². The first kappa shape index (κ1) is 47.6. The van der Waals surface area contributed by atoms with Crippen LogP contribution in [0.15, 0.2) is 36.5 Å². The molecule has 0 saturated carbocycles. The van der Waals surface area contributed by atoms with Crippen LogP contribution in [0, 0.1) is 0 Å². The molecular weight excluding hydrogens is 602 g/mol. The second kappa shape index (κ2) is 41.0. The molecule has 0 fully saturated rings. The lowest BCUT2D eigenvalue weighted by atomic mass is 10.0. The van der Waals surface area contributed by atoms with Gasteiger partial charge in [-0.15, -0.1) is 0 Å². The molecule has 0 heterocycles. The topological polar surface area (TPSA) is 69.6 Å². The van der Waals surface area contributed by atoms with Crippen molar-refractivity contribution in [3.8, 4) is 0 Å². The molecule has 0 saturated heterocycles. The summed E-state index contributed by atoms with van der Waals surface area (Å²) in [5.74, 6) is -0.0965. The molecule has 0 aromatic heterocycles. The van der Waals surface area contributed by atoms with Crippen molar-refractivity contribution >= 4 is 5.91 Å². The molecule has 288 valence electrons. The van der Waals surface area contributed by atoms with Gasteiger partial charge in [0.1, 0.15) is 0 Å². The predicted molar refractivity (Wildman–Crippen MR) is 216 cm³/mol. The van der Waals surface area contributed by atoms with Crippen LogP contribution in [0.3, 0.4) is 0 Å². The van der Waals surface area contributed by atoms with E-state index in [-0.39, 0.29) is 12.5 Å². The molecule has 2 atom stereocenters. The molecule has 0 aliphatic carbocycles. The lowest BCUT2D eigenvalue weighted by Crippen LogP contribution is -2.45. The van der Waals surface area contributed by atoms with Crippen molar-refractivity contribution in [3.05, 3.63) is 36.5 Å². The number of carbonyl (C=O) groups excluding carboxylic acids is 1. The summed E-state index contributed by atoms with van der Waals surface area (Å²) < 4.78 is 0. The Bertz CT molecular complexity index is 746. The fraction of sp³-hybridized carbons (Fsp3) is 0.844. The van der Waals surface area contributed by atoms with Gasteiger partial charge in [0, 0.05) is 6.42 Å². The second-order valence-corrected chi connectivity index (χ2v) is 14.8. The van der Waals surface area contributed by atoms with Crippen molar-refractivity contribution in [3.63, 3.8) is 0 Å². The van der Waals surface area contributed by atoms with Crippen LogP contribution < -0.4 is 5.32 Å². The third-order valence-electron chi connectivity index (χ3n) is 9.85. The number of allylic oxidation sites excluding steroid dienone is 5. The third-order valence-corrected chi connectivity index (χ3v) is 9.85. The summed E-state index contributed by atoms with van der Waals surface area (Å²) in [6.45, 7) is 4.18. The first-order valence-corrected chi connectivity index (χ1v) is 21.7. The summed E-state index contributed by atoms with van der Waals surface area (Å²) in [4.78, 5) is 12.0. The number of carbonyl (C=O) groups is 1. The molecule has 3 N–H and O–H groups in total. The van der Waals surface area contributed by atoms with E-state index >= 15 is 0 Å². The van der Waals surface area contributed by atoms with E-state index in [1.807, 2.05) is 6.08 Å². The maximum atomic E-state index is 12.0. The van der Waals surface area contributed by atoms with Crippen LogP contribution in [0.5, 0.6) is 0 Å². The molecule has 2 unspecified atom stereocenters. The number of amides is 1. The number of nitrogens with one attached hydrogen (secondary N) is 1. The SMILES string of the molecule is CCCCCCCCCCCCCCCCCCCCCCCCC/C=C/CC/C=C/CC/C=C/C(O)C(CO)NC(=O)CCCCCC. The smallest absolute Gasteiger partial charge is 0.220 e. The molecule has 49 heavy (non-hydrogen) atoms.